The fraction of sp³-hybridized carbons (Fsp3) is 0.278. The zero-order valence-corrected chi connectivity index (χ0v) is 13.8. The van der Waals surface area contributed by atoms with E-state index < -0.39 is 6.04 Å². The zero-order chi connectivity index (χ0) is 16.8. The summed E-state index contributed by atoms with van der Waals surface area (Å²) < 4.78 is 10.5. The second kappa shape index (κ2) is 7.54. The summed E-state index contributed by atoms with van der Waals surface area (Å²) in [4.78, 5) is 12.3. The Morgan fingerprint density at radius 2 is 1.74 bits per heavy atom. The van der Waals surface area contributed by atoms with Crippen molar-refractivity contribution >= 4 is 17.3 Å². The lowest BCUT2D eigenvalue weighted by atomic mass is 10.2. The predicted octanol–water partition coefficient (Wildman–Crippen LogP) is 3.45. The van der Waals surface area contributed by atoms with Crippen LogP contribution >= 0.6 is 0 Å². The van der Waals surface area contributed by atoms with Crippen LogP contribution in [0.25, 0.3) is 0 Å². The van der Waals surface area contributed by atoms with Crippen molar-refractivity contribution in [2.45, 2.75) is 19.9 Å². The number of hydrogen-bond donors (Lipinski definition) is 2. The van der Waals surface area contributed by atoms with E-state index in [1.807, 2.05) is 44.2 Å². The lowest BCUT2D eigenvalue weighted by molar-refractivity contribution is -0.116. The Morgan fingerprint density at radius 1 is 1.04 bits per heavy atom. The molecule has 2 aromatic carbocycles. The van der Waals surface area contributed by atoms with Gasteiger partial charge in [-0.1, -0.05) is 12.1 Å². The highest BCUT2D eigenvalue weighted by Crippen LogP contribution is 2.24. The molecule has 1 unspecified atom stereocenters. The van der Waals surface area contributed by atoms with Gasteiger partial charge in [0.15, 0.2) is 0 Å². The molecule has 0 radical (unpaired) electrons. The molecule has 0 spiro atoms. The molecule has 5 heteroatoms. The van der Waals surface area contributed by atoms with Gasteiger partial charge in [-0.2, -0.15) is 0 Å². The largest absolute Gasteiger partial charge is 0.496 e. The van der Waals surface area contributed by atoms with Crippen molar-refractivity contribution in [3.63, 3.8) is 0 Å². The third kappa shape index (κ3) is 4.16. The Labute approximate surface area is 136 Å². The fourth-order valence-electron chi connectivity index (χ4n) is 2.27. The summed E-state index contributed by atoms with van der Waals surface area (Å²) in [5.74, 6) is 1.32. The summed E-state index contributed by atoms with van der Waals surface area (Å²) in [5, 5.41) is 6.05. The number of para-hydroxylation sites is 2. The van der Waals surface area contributed by atoms with Gasteiger partial charge >= 0.3 is 0 Å². The maximum absolute atomic E-state index is 12.3. The standard InChI is InChI=1S/C18H22N2O3/c1-12-11-14(9-10-16(12)22-3)19-13(2)18(21)20-15-7-5-6-8-17(15)23-4/h5-11,13,19H,1-4H3,(H,20,21). The minimum atomic E-state index is -0.396. The molecule has 0 bridgehead atoms. The van der Waals surface area contributed by atoms with Gasteiger partial charge < -0.3 is 20.1 Å². The van der Waals surface area contributed by atoms with Crippen LogP contribution in [0.3, 0.4) is 0 Å². The first-order valence-electron chi connectivity index (χ1n) is 7.40. The van der Waals surface area contributed by atoms with Gasteiger partial charge in [0, 0.05) is 5.69 Å². The quantitative estimate of drug-likeness (QED) is 0.857. The summed E-state index contributed by atoms with van der Waals surface area (Å²) in [6.07, 6.45) is 0. The molecule has 1 atom stereocenters. The molecule has 2 N–H and O–H groups in total. The van der Waals surface area contributed by atoms with Crippen LogP contribution in [-0.4, -0.2) is 26.2 Å². The average Bonchev–Trinajstić information content (AvgIpc) is 2.55. The zero-order valence-electron chi connectivity index (χ0n) is 13.8. The Kier molecular flexibility index (Phi) is 5.46. The van der Waals surface area contributed by atoms with E-state index >= 15 is 0 Å². The van der Waals surface area contributed by atoms with Crippen LogP contribution in [0.15, 0.2) is 42.5 Å². The topological polar surface area (TPSA) is 59.6 Å². The van der Waals surface area contributed by atoms with Crippen molar-refractivity contribution in [3.05, 3.63) is 48.0 Å². The minimum absolute atomic E-state index is 0.136. The molecule has 0 saturated carbocycles. The van der Waals surface area contributed by atoms with Crippen molar-refractivity contribution in [1.29, 1.82) is 0 Å². The second-order valence-corrected chi connectivity index (χ2v) is 5.24. The van der Waals surface area contributed by atoms with Crippen LogP contribution in [0.2, 0.25) is 0 Å². The molecule has 122 valence electrons. The number of ether oxygens (including phenoxy) is 2. The first-order valence-corrected chi connectivity index (χ1v) is 7.40. The van der Waals surface area contributed by atoms with Crippen molar-refractivity contribution < 1.29 is 14.3 Å². The highest BCUT2D eigenvalue weighted by Gasteiger charge is 2.15. The molecule has 2 rings (SSSR count). The van der Waals surface area contributed by atoms with Crippen LogP contribution in [0.4, 0.5) is 11.4 Å². The van der Waals surface area contributed by atoms with Gasteiger partial charge in [0.2, 0.25) is 5.91 Å². The van der Waals surface area contributed by atoms with Gasteiger partial charge in [-0.15, -0.1) is 0 Å². The first-order chi connectivity index (χ1) is 11.0. The number of nitrogens with one attached hydrogen (secondary N) is 2. The minimum Gasteiger partial charge on any atom is -0.496 e. The average molecular weight is 314 g/mol. The normalized spacial score (nSPS) is 11.5. The van der Waals surface area contributed by atoms with Crippen LogP contribution in [0, 0.1) is 6.92 Å². The van der Waals surface area contributed by atoms with E-state index in [2.05, 4.69) is 10.6 Å². The van der Waals surface area contributed by atoms with E-state index in [-0.39, 0.29) is 5.91 Å². The van der Waals surface area contributed by atoms with Crippen LogP contribution < -0.4 is 20.1 Å². The first kappa shape index (κ1) is 16.7. The van der Waals surface area contributed by atoms with Gasteiger partial charge in [-0.05, 0) is 49.7 Å². The summed E-state index contributed by atoms with van der Waals surface area (Å²) >= 11 is 0. The summed E-state index contributed by atoms with van der Waals surface area (Å²) in [5.41, 5.74) is 2.53. The van der Waals surface area contributed by atoms with Gasteiger partial charge in [-0.3, -0.25) is 4.79 Å². The van der Waals surface area contributed by atoms with Gasteiger partial charge in [0.25, 0.3) is 0 Å². The Morgan fingerprint density at radius 3 is 2.39 bits per heavy atom. The van der Waals surface area contributed by atoms with Crippen molar-refractivity contribution in [1.82, 2.24) is 0 Å². The number of anilines is 2. The number of amides is 1. The van der Waals surface area contributed by atoms with E-state index in [0.717, 1.165) is 17.0 Å². The van der Waals surface area contributed by atoms with Gasteiger partial charge in [-0.25, -0.2) is 0 Å². The van der Waals surface area contributed by atoms with E-state index in [0.29, 0.717) is 11.4 Å². The Hall–Kier alpha value is -2.69. The molecule has 5 nitrogen and oxygen atoms in total. The molecule has 0 aliphatic heterocycles. The van der Waals surface area contributed by atoms with Crippen LogP contribution in [0.1, 0.15) is 12.5 Å². The van der Waals surface area contributed by atoms with E-state index in [1.165, 1.54) is 0 Å². The van der Waals surface area contributed by atoms with E-state index in [4.69, 9.17) is 9.47 Å². The Bertz CT molecular complexity index is 686. The Balaban J connectivity index is 2.04. The van der Waals surface area contributed by atoms with Gasteiger partial charge in [0.05, 0.1) is 19.9 Å². The SMILES string of the molecule is COc1ccc(NC(C)C(=O)Nc2ccccc2OC)cc1C. The maximum atomic E-state index is 12.3. The molecule has 0 aromatic heterocycles. The third-order valence-corrected chi connectivity index (χ3v) is 3.54. The summed E-state index contributed by atoms with van der Waals surface area (Å²) in [7, 11) is 3.21. The van der Waals surface area contributed by atoms with Crippen molar-refractivity contribution in [2.24, 2.45) is 0 Å². The third-order valence-electron chi connectivity index (χ3n) is 3.54. The molecular weight excluding hydrogens is 292 g/mol. The molecule has 0 fully saturated rings. The number of methoxy groups -OCH3 is 2. The maximum Gasteiger partial charge on any atom is 0.246 e. The number of rotatable bonds is 6. The van der Waals surface area contributed by atoms with Crippen LogP contribution in [-0.2, 0) is 4.79 Å². The monoisotopic (exact) mass is 314 g/mol. The molecule has 0 saturated heterocycles. The highest BCUT2D eigenvalue weighted by atomic mass is 16.5. The number of aryl methyl sites for hydroxylation is 1. The van der Waals surface area contributed by atoms with Gasteiger partial charge in [0.1, 0.15) is 17.5 Å². The molecule has 2 aromatic rings. The molecule has 23 heavy (non-hydrogen) atoms. The van der Waals surface area contributed by atoms with E-state index in [1.54, 1.807) is 26.4 Å². The smallest absolute Gasteiger partial charge is 0.246 e. The molecule has 0 aliphatic rings. The predicted molar refractivity (Wildman–Crippen MR) is 92.4 cm³/mol. The molecule has 0 aliphatic carbocycles. The molecular formula is C18H22N2O3. The lowest BCUT2D eigenvalue weighted by Crippen LogP contribution is -2.32. The van der Waals surface area contributed by atoms with Crippen LogP contribution in [0.5, 0.6) is 11.5 Å². The molecule has 0 heterocycles. The van der Waals surface area contributed by atoms with Crippen molar-refractivity contribution in [2.75, 3.05) is 24.9 Å². The summed E-state index contributed by atoms with van der Waals surface area (Å²) in [6.45, 7) is 3.77. The number of carbonyl (C=O) groups excluding carboxylic acids is 1. The second-order valence-electron chi connectivity index (χ2n) is 5.24. The molecule has 1 amide bonds. The number of carbonyl (C=O) groups is 1. The highest BCUT2D eigenvalue weighted by molar-refractivity contribution is 5.97. The van der Waals surface area contributed by atoms with Crippen molar-refractivity contribution in [3.8, 4) is 11.5 Å². The number of benzene rings is 2. The number of hydrogen-bond acceptors (Lipinski definition) is 4. The fourth-order valence-corrected chi connectivity index (χ4v) is 2.27. The summed E-state index contributed by atoms with van der Waals surface area (Å²) in [6, 6.07) is 12.6. The van der Waals surface area contributed by atoms with E-state index in [9.17, 15) is 4.79 Å². The lowest BCUT2D eigenvalue weighted by Gasteiger charge is -2.17.